The summed E-state index contributed by atoms with van der Waals surface area (Å²) in [6, 6.07) is 6.27. The molecule has 1 unspecified atom stereocenters. The number of likely N-dealkylation sites (tertiary alicyclic amines) is 1. The Balaban J connectivity index is 1.42. The zero-order valence-corrected chi connectivity index (χ0v) is 21.8. The van der Waals surface area contributed by atoms with Gasteiger partial charge in [-0.15, -0.1) is 0 Å². The molecule has 190 valence electrons. The molecule has 8 nitrogen and oxygen atoms in total. The van der Waals surface area contributed by atoms with E-state index in [9.17, 15) is 4.79 Å². The Morgan fingerprint density at radius 3 is 2.72 bits per heavy atom. The molecular weight excluding hydrogens is 450 g/mol. The average molecular weight is 488 g/mol. The van der Waals surface area contributed by atoms with Crippen LogP contribution in [0.5, 0.6) is 0 Å². The van der Waals surface area contributed by atoms with Crippen LogP contribution in [0.15, 0.2) is 36.8 Å². The molecule has 1 atom stereocenters. The predicted molar refractivity (Wildman–Crippen MR) is 143 cm³/mol. The number of nitrogens with one attached hydrogen (secondary N) is 2. The Hall–Kier alpha value is -3.42. The molecule has 0 saturated carbocycles. The Labute approximate surface area is 213 Å². The van der Waals surface area contributed by atoms with Gasteiger partial charge in [-0.1, -0.05) is 27.2 Å². The van der Waals surface area contributed by atoms with Crippen LogP contribution in [0, 0.1) is 11.3 Å². The lowest BCUT2D eigenvalue weighted by molar-refractivity contribution is 0.208. The molecule has 3 heterocycles. The highest BCUT2D eigenvalue weighted by atomic mass is 16.2. The van der Waals surface area contributed by atoms with E-state index in [-0.39, 0.29) is 11.4 Å². The lowest BCUT2D eigenvalue weighted by Gasteiger charge is -2.27. The number of anilines is 3. The van der Waals surface area contributed by atoms with Gasteiger partial charge in [0.2, 0.25) is 5.95 Å². The number of carbonyl (C=O) groups is 1. The summed E-state index contributed by atoms with van der Waals surface area (Å²) in [4.78, 5) is 24.5. The smallest absolute Gasteiger partial charge is 0.321 e. The predicted octanol–water partition coefficient (Wildman–Crippen LogP) is 5.79. The number of hydrogen-bond acceptors (Lipinski definition) is 5. The highest BCUT2D eigenvalue weighted by Gasteiger charge is 2.34. The molecule has 5 rings (SSSR count). The third-order valence-corrected chi connectivity index (χ3v) is 7.57. The maximum Gasteiger partial charge on any atom is 0.321 e. The van der Waals surface area contributed by atoms with Gasteiger partial charge in [-0.2, -0.15) is 5.10 Å². The maximum absolute atomic E-state index is 13.3. The minimum Gasteiger partial charge on any atom is -0.324 e. The van der Waals surface area contributed by atoms with Crippen LogP contribution < -0.4 is 10.6 Å². The minimum atomic E-state index is 0.00645. The average Bonchev–Trinajstić information content (AvgIpc) is 3.43. The molecule has 1 fully saturated rings. The van der Waals surface area contributed by atoms with Crippen LogP contribution in [-0.4, -0.2) is 43.8 Å². The van der Waals surface area contributed by atoms with Gasteiger partial charge in [0.15, 0.2) is 0 Å². The summed E-state index contributed by atoms with van der Waals surface area (Å²) in [7, 11) is 1.87. The highest BCUT2D eigenvalue weighted by molar-refractivity contribution is 5.91. The molecule has 0 bridgehead atoms. The molecule has 3 aromatic rings. The zero-order chi connectivity index (χ0) is 25.3. The first-order valence-corrected chi connectivity index (χ1v) is 13.1. The fraction of sp³-hybridized carbons (Fsp3) is 0.500. The molecule has 2 amide bonds. The number of benzene rings is 1. The van der Waals surface area contributed by atoms with Crippen LogP contribution in [0.4, 0.5) is 22.1 Å². The molecule has 1 aliphatic heterocycles. The third-order valence-electron chi connectivity index (χ3n) is 7.57. The van der Waals surface area contributed by atoms with E-state index in [4.69, 9.17) is 4.98 Å². The number of nitrogens with zero attached hydrogens (tertiary/aromatic N) is 5. The molecule has 2 N–H and O–H groups in total. The summed E-state index contributed by atoms with van der Waals surface area (Å²) in [6.45, 7) is 8.42. The first-order chi connectivity index (χ1) is 17.3. The van der Waals surface area contributed by atoms with Gasteiger partial charge in [-0.05, 0) is 72.8 Å². The molecule has 0 spiro atoms. The lowest BCUT2D eigenvalue weighted by Crippen LogP contribution is -2.34. The summed E-state index contributed by atoms with van der Waals surface area (Å²) >= 11 is 0. The van der Waals surface area contributed by atoms with Gasteiger partial charge in [0.05, 0.1) is 17.6 Å². The lowest BCUT2D eigenvalue weighted by atomic mass is 9.80. The highest BCUT2D eigenvalue weighted by Crippen LogP contribution is 2.36. The minimum absolute atomic E-state index is 0.00645. The Bertz CT molecular complexity index is 1240. The van der Waals surface area contributed by atoms with Crippen LogP contribution >= 0.6 is 0 Å². The number of aryl methyl sites for hydroxylation is 2. The molecule has 8 heteroatoms. The standard InChI is InChI=1S/C28H37N7O/c1-28(2,3)21-11-13-35(17-21)27(36)33-25-15-20(14-19-8-6-5-7-9-23(19)25)24-10-12-29-26(32-24)31-22-16-30-34(4)18-22/h10,12,14-16,18,21H,5-9,11,13,17H2,1-4H3,(H,33,36)(H,29,31,32). The monoisotopic (exact) mass is 487 g/mol. The van der Waals surface area contributed by atoms with Crippen molar-refractivity contribution >= 4 is 23.4 Å². The van der Waals surface area contributed by atoms with E-state index in [1.54, 1.807) is 17.1 Å². The van der Waals surface area contributed by atoms with E-state index in [1.807, 2.05) is 24.2 Å². The summed E-state index contributed by atoms with van der Waals surface area (Å²) < 4.78 is 1.73. The van der Waals surface area contributed by atoms with Gasteiger partial charge in [0, 0.05) is 43.8 Å². The van der Waals surface area contributed by atoms with Crippen LogP contribution in [0.25, 0.3) is 11.3 Å². The normalized spacial score (nSPS) is 18.0. The largest absolute Gasteiger partial charge is 0.324 e. The van der Waals surface area contributed by atoms with E-state index >= 15 is 0 Å². The SMILES string of the molecule is Cn1cc(Nc2nccc(-c3cc4c(c(NC(=O)N5CCC(C(C)(C)C)C5)c3)CCCCC4)n2)cn1. The van der Waals surface area contributed by atoms with Crippen molar-refractivity contribution in [3.63, 3.8) is 0 Å². The van der Waals surface area contributed by atoms with E-state index < -0.39 is 0 Å². The number of fused-ring (bicyclic) bond motifs is 1. The van der Waals surface area contributed by atoms with Crippen molar-refractivity contribution in [2.45, 2.75) is 59.3 Å². The van der Waals surface area contributed by atoms with E-state index in [0.29, 0.717) is 11.9 Å². The third kappa shape index (κ3) is 5.37. The first-order valence-electron chi connectivity index (χ1n) is 13.1. The Morgan fingerprint density at radius 2 is 1.97 bits per heavy atom. The number of aromatic nitrogens is 4. The number of amides is 2. The zero-order valence-electron chi connectivity index (χ0n) is 21.8. The van der Waals surface area contributed by atoms with E-state index in [2.05, 4.69) is 53.6 Å². The van der Waals surface area contributed by atoms with Crippen molar-refractivity contribution in [2.75, 3.05) is 23.7 Å². The molecule has 1 aromatic carbocycles. The molecular formula is C28H37N7O. The van der Waals surface area contributed by atoms with Crippen molar-refractivity contribution in [3.05, 3.63) is 47.9 Å². The summed E-state index contributed by atoms with van der Waals surface area (Å²) in [5.41, 5.74) is 6.39. The van der Waals surface area contributed by atoms with Crippen LogP contribution in [0.2, 0.25) is 0 Å². The molecule has 36 heavy (non-hydrogen) atoms. The molecule has 2 aromatic heterocycles. The van der Waals surface area contributed by atoms with Crippen molar-refractivity contribution in [3.8, 4) is 11.3 Å². The molecule has 1 saturated heterocycles. The number of carbonyl (C=O) groups excluding carboxylic acids is 1. The van der Waals surface area contributed by atoms with Crippen LogP contribution in [0.1, 0.15) is 57.6 Å². The Morgan fingerprint density at radius 1 is 1.14 bits per heavy atom. The van der Waals surface area contributed by atoms with Gasteiger partial charge in [-0.3, -0.25) is 4.68 Å². The topological polar surface area (TPSA) is 88.0 Å². The number of rotatable bonds is 4. The summed E-state index contributed by atoms with van der Waals surface area (Å²) in [5, 5.41) is 10.7. The van der Waals surface area contributed by atoms with Crippen LogP contribution in [-0.2, 0) is 19.9 Å². The van der Waals surface area contributed by atoms with Gasteiger partial charge in [-0.25, -0.2) is 14.8 Å². The summed E-state index contributed by atoms with van der Waals surface area (Å²) in [5.74, 6) is 1.05. The second-order valence-electron chi connectivity index (χ2n) is 11.2. The Kier molecular flexibility index (Phi) is 6.69. The second kappa shape index (κ2) is 9.91. The van der Waals surface area contributed by atoms with Crippen molar-refractivity contribution in [2.24, 2.45) is 18.4 Å². The second-order valence-corrected chi connectivity index (χ2v) is 11.2. The first kappa shape index (κ1) is 24.3. The maximum atomic E-state index is 13.3. The van der Waals surface area contributed by atoms with E-state index in [1.165, 1.54) is 24.0 Å². The molecule has 2 aliphatic rings. The summed E-state index contributed by atoms with van der Waals surface area (Å²) in [6.07, 6.45) is 12.0. The quantitative estimate of drug-likeness (QED) is 0.455. The van der Waals surface area contributed by atoms with Gasteiger partial charge < -0.3 is 15.5 Å². The van der Waals surface area contributed by atoms with Crippen LogP contribution in [0.3, 0.4) is 0 Å². The van der Waals surface area contributed by atoms with Crippen molar-refractivity contribution in [1.29, 1.82) is 0 Å². The van der Waals surface area contributed by atoms with E-state index in [0.717, 1.165) is 61.4 Å². The molecule has 1 aliphatic carbocycles. The van der Waals surface area contributed by atoms with Crippen molar-refractivity contribution in [1.82, 2.24) is 24.6 Å². The number of hydrogen-bond donors (Lipinski definition) is 2. The number of urea groups is 1. The van der Waals surface area contributed by atoms with Gasteiger partial charge in [0.1, 0.15) is 0 Å². The van der Waals surface area contributed by atoms with Gasteiger partial charge in [0.25, 0.3) is 0 Å². The van der Waals surface area contributed by atoms with Gasteiger partial charge >= 0.3 is 6.03 Å². The fourth-order valence-corrected chi connectivity index (χ4v) is 5.34. The molecule has 0 radical (unpaired) electrons. The van der Waals surface area contributed by atoms with Crippen molar-refractivity contribution < 1.29 is 4.79 Å². The fourth-order valence-electron chi connectivity index (χ4n) is 5.34.